The van der Waals surface area contributed by atoms with E-state index in [1.54, 1.807) is 0 Å². The highest BCUT2D eigenvalue weighted by Crippen LogP contribution is 2.46. The number of ether oxygens (including phenoxy) is 1. The van der Waals surface area contributed by atoms with Gasteiger partial charge >= 0.3 is 0 Å². The number of nitrogens with two attached hydrogens (primary N) is 1. The smallest absolute Gasteiger partial charge is 0.283 e. The Morgan fingerprint density at radius 1 is 1.26 bits per heavy atom. The van der Waals surface area contributed by atoms with Crippen molar-refractivity contribution < 1.29 is 27.1 Å². The van der Waals surface area contributed by atoms with Gasteiger partial charge in [0.15, 0.2) is 11.7 Å². The number of dihydropyridines is 1. The molecular weight excluding hydrogens is 416 g/mol. The first-order valence-corrected chi connectivity index (χ1v) is 9.95. The average Bonchev–Trinajstić information content (AvgIpc) is 2.71. The van der Waals surface area contributed by atoms with Gasteiger partial charge in [-0.05, 0) is 50.5 Å². The van der Waals surface area contributed by atoms with E-state index < -0.39 is 53.4 Å². The minimum Gasteiger partial charge on any atom is -0.465 e. The lowest BCUT2D eigenvalue weighted by molar-refractivity contribution is -0.116. The number of amidine groups is 1. The van der Waals surface area contributed by atoms with E-state index in [9.17, 15) is 13.6 Å². The highest BCUT2D eigenvalue weighted by molar-refractivity contribution is 5.97. The Morgan fingerprint density at radius 3 is 2.74 bits per heavy atom. The molecule has 0 bridgehead atoms. The zero-order valence-corrected chi connectivity index (χ0v) is 17.0. The molecule has 6 nitrogen and oxygen atoms in total. The predicted octanol–water partition coefficient (Wildman–Crippen LogP) is 3.87. The van der Waals surface area contributed by atoms with Crippen LogP contribution in [0.5, 0.6) is 0 Å². The molecule has 2 aliphatic rings. The Labute approximate surface area is 177 Å². The number of amides is 1. The van der Waals surface area contributed by atoms with Crippen LogP contribution in [0.2, 0.25) is 0 Å². The van der Waals surface area contributed by atoms with E-state index >= 15 is 8.78 Å². The summed E-state index contributed by atoms with van der Waals surface area (Å²) in [6.07, 6.45) is 2.83. The molecule has 0 aliphatic carbocycles. The van der Waals surface area contributed by atoms with Gasteiger partial charge in [0.25, 0.3) is 17.9 Å². The van der Waals surface area contributed by atoms with Crippen molar-refractivity contribution in [3.05, 3.63) is 41.7 Å². The van der Waals surface area contributed by atoms with Crippen molar-refractivity contribution in [1.82, 2.24) is 0 Å². The fraction of sp³-hybridized carbons (Fsp3) is 0.476. The summed E-state index contributed by atoms with van der Waals surface area (Å²) in [6.45, 7) is 1.31. The van der Waals surface area contributed by atoms with Gasteiger partial charge in [0.05, 0.1) is 6.61 Å². The third-order valence-electron chi connectivity index (χ3n) is 5.32. The number of alkyl halides is 3. The Morgan fingerprint density at radius 2 is 2.03 bits per heavy atom. The minimum absolute atomic E-state index is 0.0659. The van der Waals surface area contributed by atoms with Gasteiger partial charge in [-0.2, -0.15) is 0 Å². The van der Waals surface area contributed by atoms with Gasteiger partial charge in [-0.15, -0.1) is 0 Å². The van der Waals surface area contributed by atoms with Crippen molar-refractivity contribution in [1.29, 1.82) is 0 Å². The van der Waals surface area contributed by atoms with Gasteiger partial charge in [-0.3, -0.25) is 9.79 Å². The quantitative estimate of drug-likeness (QED) is 0.553. The summed E-state index contributed by atoms with van der Waals surface area (Å²) in [5.74, 6) is -4.98. The van der Waals surface area contributed by atoms with Gasteiger partial charge in [0.1, 0.15) is 11.9 Å². The van der Waals surface area contributed by atoms with Crippen LogP contribution in [0.15, 0.2) is 40.3 Å². The Kier molecular flexibility index (Phi) is 6.66. The minimum atomic E-state index is -3.44. The molecule has 1 amide bonds. The standard InChI is InChI=1S/C21H24F4N4O2/c1-20(21(24,25)9-3-2-4-10-31-19(26)29-20)15-11-14(6-7-16(15)23)28-18(30)17-8-5-13(22)12-27-17/h5-8,11-13,17H,2-4,9-10H2,1H3,(H2,26,29)(H,28,30). The molecule has 0 fully saturated rings. The van der Waals surface area contributed by atoms with E-state index in [0.717, 1.165) is 25.3 Å². The number of halogens is 4. The van der Waals surface area contributed by atoms with Crippen LogP contribution in [-0.4, -0.2) is 42.9 Å². The number of benzene rings is 1. The molecule has 10 heteroatoms. The third kappa shape index (κ3) is 5.05. The molecule has 0 saturated heterocycles. The van der Waals surface area contributed by atoms with Gasteiger partial charge in [0, 0.05) is 23.9 Å². The number of hydrogen-bond acceptors (Lipinski definition) is 5. The van der Waals surface area contributed by atoms with E-state index in [1.165, 1.54) is 18.2 Å². The number of rotatable bonds is 3. The van der Waals surface area contributed by atoms with E-state index in [4.69, 9.17) is 10.5 Å². The fourth-order valence-electron chi connectivity index (χ4n) is 3.47. The summed E-state index contributed by atoms with van der Waals surface area (Å²) < 4.78 is 63.5. The van der Waals surface area contributed by atoms with E-state index in [0.29, 0.717) is 12.8 Å². The molecule has 0 aromatic heterocycles. The van der Waals surface area contributed by atoms with Crippen molar-refractivity contribution in [3.63, 3.8) is 0 Å². The Hall–Kier alpha value is -2.91. The van der Waals surface area contributed by atoms with E-state index in [-0.39, 0.29) is 18.7 Å². The van der Waals surface area contributed by atoms with Crippen molar-refractivity contribution in [2.24, 2.45) is 15.7 Å². The maximum Gasteiger partial charge on any atom is 0.283 e. The number of carbonyl (C=O) groups is 1. The fourth-order valence-corrected chi connectivity index (χ4v) is 3.47. The second-order valence-corrected chi connectivity index (χ2v) is 7.64. The van der Waals surface area contributed by atoms with Crippen LogP contribution >= 0.6 is 0 Å². The number of nitrogens with one attached hydrogen (secondary N) is 1. The number of allylic oxidation sites excluding steroid dienone is 1. The molecule has 168 valence electrons. The van der Waals surface area contributed by atoms with Crippen LogP contribution in [-0.2, 0) is 15.1 Å². The van der Waals surface area contributed by atoms with Crippen LogP contribution in [0.4, 0.5) is 23.2 Å². The molecule has 3 rings (SSSR count). The van der Waals surface area contributed by atoms with Crippen LogP contribution in [0, 0.1) is 5.82 Å². The molecule has 1 aromatic rings. The van der Waals surface area contributed by atoms with Crippen LogP contribution in [0.3, 0.4) is 0 Å². The van der Waals surface area contributed by atoms with Crippen LogP contribution < -0.4 is 11.1 Å². The molecule has 0 spiro atoms. The van der Waals surface area contributed by atoms with E-state index in [2.05, 4.69) is 15.3 Å². The summed E-state index contributed by atoms with van der Waals surface area (Å²) in [6, 6.07) is 1.86. The number of carbonyl (C=O) groups excluding carboxylic acids is 1. The SMILES string of the molecule is CC1(c2cc(NC(=O)C3C=CC(F)C=N3)ccc2F)N=C(N)OCCCCCC1(F)F. The summed E-state index contributed by atoms with van der Waals surface area (Å²) in [4.78, 5) is 20.0. The maximum absolute atomic E-state index is 15.2. The highest BCUT2D eigenvalue weighted by Gasteiger charge is 2.53. The second-order valence-electron chi connectivity index (χ2n) is 7.64. The molecule has 0 radical (unpaired) electrons. The first-order chi connectivity index (χ1) is 14.6. The summed E-state index contributed by atoms with van der Waals surface area (Å²) in [7, 11) is 0. The molecular formula is C21H24F4N4O2. The Bertz CT molecular complexity index is 905. The molecule has 3 atom stereocenters. The Balaban J connectivity index is 1.96. The van der Waals surface area contributed by atoms with Crippen LogP contribution in [0.25, 0.3) is 0 Å². The van der Waals surface area contributed by atoms with Gasteiger partial charge < -0.3 is 15.8 Å². The summed E-state index contributed by atoms with van der Waals surface area (Å²) in [5.41, 5.74) is 2.96. The molecule has 1 aromatic carbocycles. The van der Waals surface area contributed by atoms with Crippen molar-refractivity contribution in [2.75, 3.05) is 11.9 Å². The van der Waals surface area contributed by atoms with Crippen molar-refractivity contribution in [3.8, 4) is 0 Å². The van der Waals surface area contributed by atoms with Crippen molar-refractivity contribution in [2.45, 2.75) is 56.3 Å². The monoisotopic (exact) mass is 440 g/mol. The van der Waals surface area contributed by atoms with Gasteiger partial charge in [0.2, 0.25) is 0 Å². The average molecular weight is 440 g/mol. The molecule has 31 heavy (non-hydrogen) atoms. The van der Waals surface area contributed by atoms with E-state index in [1.807, 2.05) is 0 Å². The number of hydrogen-bond donors (Lipinski definition) is 2. The first-order valence-electron chi connectivity index (χ1n) is 9.95. The zero-order chi connectivity index (χ0) is 22.6. The summed E-state index contributed by atoms with van der Waals surface area (Å²) in [5, 5.41) is 2.49. The molecule has 2 heterocycles. The maximum atomic E-state index is 15.2. The topological polar surface area (TPSA) is 89.1 Å². The number of anilines is 1. The predicted molar refractivity (Wildman–Crippen MR) is 110 cm³/mol. The highest BCUT2D eigenvalue weighted by atomic mass is 19.3. The molecule has 3 N–H and O–H groups in total. The zero-order valence-electron chi connectivity index (χ0n) is 17.0. The number of aliphatic imine (C=N–C) groups is 2. The van der Waals surface area contributed by atoms with Crippen LogP contribution in [0.1, 0.15) is 38.2 Å². The lowest BCUT2D eigenvalue weighted by Gasteiger charge is -2.35. The normalized spacial score (nSPS) is 28.4. The number of nitrogens with zero attached hydrogens (tertiary/aromatic N) is 2. The molecule has 3 unspecified atom stereocenters. The molecule has 0 saturated carbocycles. The lowest BCUT2D eigenvalue weighted by atomic mass is 9.82. The van der Waals surface area contributed by atoms with Gasteiger partial charge in [-0.1, -0.05) is 6.08 Å². The molecule has 2 aliphatic heterocycles. The second kappa shape index (κ2) is 9.07. The lowest BCUT2D eigenvalue weighted by Crippen LogP contribution is -2.44. The third-order valence-corrected chi connectivity index (χ3v) is 5.32. The van der Waals surface area contributed by atoms with Gasteiger partial charge in [-0.25, -0.2) is 22.6 Å². The summed E-state index contributed by atoms with van der Waals surface area (Å²) >= 11 is 0. The first kappa shape index (κ1) is 22.8. The van der Waals surface area contributed by atoms with Crippen molar-refractivity contribution >= 4 is 23.8 Å². The largest absolute Gasteiger partial charge is 0.465 e.